The van der Waals surface area contributed by atoms with E-state index < -0.39 is 0 Å². The van der Waals surface area contributed by atoms with Gasteiger partial charge in [-0.1, -0.05) is 0 Å². The maximum absolute atomic E-state index is 10.0. The van der Waals surface area contributed by atoms with Gasteiger partial charge in [0.05, 0.1) is 0 Å². The predicted octanol–water partition coefficient (Wildman–Crippen LogP) is 0.611. The van der Waals surface area contributed by atoms with Crippen LogP contribution in [0.4, 0.5) is 0 Å². The lowest BCUT2D eigenvalue weighted by molar-refractivity contribution is -0.109. The predicted molar refractivity (Wildman–Crippen MR) is 42.4 cm³/mol. The molecule has 0 amide bonds. The quantitative estimate of drug-likeness (QED) is 0.602. The minimum Gasteiger partial charge on any atom is -0.400 e. The van der Waals surface area contributed by atoms with Gasteiger partial charge in [-0.15, -0.1) is 0 Å². The molecule has 0 saturated carbocycles. The Bertz CT molecular complexity index is 87.3. The van der Waals surface area contributed by atoms with Crippen LogP contribution in [0.15, 0.2) is 0 Å². The van der Waals surface area contributed by atoms with Gasteiger partial charge in [-0.25, -0.2) is 0 Å². The summed E-state index contributed by atoms with van der Waals surface area (Å²) in [6.45, 7) is 1.69. The molecule has 0 aliphatic carbocycles. The van der Waals surface area contributed by atoms with Gasteiger partial charge in [0.25, 0.3) is 0 Å². The number of aliphatic hydroxyl groups is 1. The Morgan fingerprint density at radius 1 is 1.45 bits per heavy atom. The van der Waals surface area contributed by atoms with Crippen molar-refractivity contribution in [3.05, 3.63) is 0 Å². The van der Waals surface area contributed by atoms with Gasteiger partial charge in [0.1, 0.15) is 6.29 Å². The van der Waals surface area contributed by atoms with Crippen molar-refractivity contribution in [2.75, 3.05) is 20.3 Å². The van der Waals surface area contributed by atoms with Crippen LogP contribution in [-0.4, -0.2) is 31.7 Å². The molecule has 0 aromatic carbocycles. The molecule has 1 fully saturated rings. The van der Waals surface area contributed by atoms with E-state index >= 15 is 0 Å². The largest absolute Gasteiger partial charge is 0.400 e. The first-order valence-corrected chi connectivity index (χ1v) is 3.89. The minimum atomic E-state index is 0.608. The van der Waals surface area contributed by atoms with E-state index in [4.69, 9.17) is 9.84 Å². The number of carbonyl (C=O) groups excluding carboxylic acids is 1. The Morgan fingerprint density at radius 2 is 2.00 bits per heavy atom. The normalized spacial score (nSPS) is 18.4. The van der Waals surface area contributed by atoms with Crippen molar-refractivity contribution in [2.45, 2.75) is 19.3 Å². The number of carbonyl (C=O) groups is 1. The van der Waals surface area contributed by atoms with Crippen molar-refractivity contribution in [2.24, 2.45) is 5.92 Å². The molecule has 0 radical (unpaired) electrons. The maximum atomic E-state index is 10.0. The average molecular weight is 160 g/mol. The van der Waals surface area contributed by atoms with Gasteiger partial charge in [-0.2, -0.15) is 0 Å². The standard InChI is InChI=1S/C7H12O2.CH4O/c8-4-1-7-2-5-9-6-3-7;1-2/h4,7H,1-3,5-6H2;2H,1H3. The first-order valence-electron chi connectivity index (χ1n) is 3.89. The number of aldehydes is 1. The molecule has 0 bridgehead atoms. The van der Waals surface area contributed by atoms with E-state index in [1.54, 1.807) is 0 Å². The van der Waals surface area contributed by atoms with Gasteiger partial charge >= 0.3 is 0 Å². The molecule has 0 spiro atoms. The second-order valence-electron chi connectivity index (χ2n) is 2.46. The smallest absolute Gasteiger partial charge is 0.120 e. The van der Waals surface area contributed by atoms with E-state index in [1.165, 1.54) is 0 Å². The van der Waals surface area contributed by atoms with Crippen molar-refractivity contribution >= 4 is 6.29 Å². The molecule has 11 heavy (non-hydrogen) atoms. The molecule has 1 rings (SSSR count). The van der Waals surface area contributed by atoms with Gasteiger partial charge in [-0.05, 0) is 18.8 Å². The zero-order valence-electron chi connectivity index (χ0n) is 6.95. The Hall–Kier alpha value is -0.410. The molecule has 66 valence electrons. The molecule has 3 heteroatoms. The third-order valence-corrected chi connectivity index (χ3v) is 1.77. The summed E-state index contributed by atoms with van der Waals surface area (Å²) in [5, 5.41) is 7.00. The molecule has 0 unspecified atom stereocenters. The molecule has 1 heterocycles. The molecule has 3 nitrogen and oxygen atoms in total. The number of hydrogen-bond acceptors (Lipinski definition) is 3. The zero-order valence-corrected chi connectivity index (χ0v) is 6.95. The summed E-state index contributed by atoms with van der Waals surface area (Å²) in [6.07, 6.45) is 3.87. The summed E-state index contributed by atoms with van der Waals surface area (Å²) in [7, 11) is 1.00. The Labute approximate surface area is 67.4 Å². The molecule has 0 atom stereocenters. The average Bonchev–Trinajstić information content (AvgIpc) is 2.11. The van der Waals surface area contributed by atoms with Crippen LogP contribution in [-0.2, 0) is 9.53 Å². The fourth-order valence-electron chi connectivity index (χ4n) is 1.12. The van der Waals surface area contributed by atoms with Gasteiger partial charge in [0, 0.05) is 26.7 Å². The highest BCUT2D eigenvalue weighted by Gasteiger charge is 2.11. The van der Waals surface area contributed by atoms with Crippen LogP contribution in [0.1, 0.15) is 19.3 Å². The van der Waals surface area contributed by atoms with E-state index in [1.807, 2.05) is 0 Å². The van der Waals surface area contributed by atoms with Crippen molar-refractivity contribution in [1.29, 1.82) is 0 Å². The van der Waals surface area contributed by atoms with Crippen LogP contribution < -0.4 is 0 Å². The van der Waals surface area contributed by atoms with Gasteiger partial charge in [0.15, 0.2) is 0 Å². The van der Waals surface area contributed by atoms with Crippen molar-refractivity contribution in [3.63, 3.8) is 0 Å². The Kier molecular flexibility index (Phi) is 7.41. The third kappa shape index (κ3) is 4.93. The highest BCUT2D eigenvalue weighted by atomic mass is 16.5. The minimum absolute atomic E-state index is 0.608. The Balaban J connectivity index is 0.000000461. The lowest BCUT2D eigenvalue weighted by Crippen LogP contribution is -2.15. The first kappa shape index (κ1) is 10.6. The molecule has 1 N–H and O–H groups in total. The van der Waals surface area contributed by atoms with E-state index in [0.29, 0.717) is 5.92 Å². The van der Waals surface area contributed by atoms with E-state index in [2.05, 4.69) is 0 Å². The molecular formula is C8H16O3. The number of hydrogen-bond donors (Lipinski definition) is 1. The summed E-state index contributed by atoms with van der Waals surface area (Å²) < 4.78 is 5.13. The molecule has 1 aliphatic rings. The molecule has 0 aromatic heterocycles. The van der Waals surface area contributed by atoms with Crippen molar-refractivity contribution in [3.8, 4) is 0 Å². The lowest BCUT2D eigenvalue weighted by atomic mass is 9.98. The van der Waals surface area contributed by atoms with E-state index in [0.717, 1.165) is 45.9 Å². The van der Waals surface area contributed by atoms with Crippen molar-refractivity contribution < 1.29 is 14.6 Å². The molecule has 1 aliphatic heterocycles. The number of ether oxygens (including phenoxy) is 1. The van der Waals surface area contributed by atoms with Crippen LogP contribution in [0.5, 0.6) is 0 Å². The van der Waals surface area contributed by atoms with E-state index in [9.17, 15) is 4.79 Å². The van der Waals surface area contributed by atoms with Gasteiger partial charge in [0.2, 0.25) is 0 Å². The van der Waals surface area contributed by atoms with Crippen LogP contribution in [0.2, 0.25) is 0 Å². The number of rotatable bonds is 2. The Morgan fingerprint density at radius 3 is 2.45 bits per heavy atom. The fraction of sp³-hybridized carbons (Fsp3) is 0.875. The highest BCUT2D eigenvalue weighted by Crippen LogP contribution is 2.16. The second-order valence-corrected chi connectivity index (χ2v) is 2.46. The third-order valence-electron chi connectivity index (χ3n) is 1.77. The highest BCUT2D eigenvalue weighted by molar-refractivity contribution is 5.49. The summed E-state index contributed by atoms with van der Waals surface area (Å²) in [5.74, 6) is 0.608. The van der Waals surface area contributed by atoms with E-state index in [-0.39, 0.29) is 0 Å². The summed E-state index contributed by atoms with van der Waals surface area (Å²) >= 11 is 0. The maximum Gasteiger partial charge on any atom is 0.120 e. The molecule has 1 saturated heterocycles. The first-order chi connectivity index (χ1) is 5.43. The fourth-order valence-corrected chi connectivity index (χ4v) is 1.12. The SMILES string of the molecule is CO.O=CCC1CCOCC1. The summed E-state index contributed by atoms with van der Waals surface area (Å²) in [5.41, 5.74) is 0. The summed E-state index contributed by atoms with van der Waals surface area (Å²) in [6, 6.07) is 0. The molecular weight excluding hydrogens is 144 g/mol. The second kappa shape index (κ2) is 7.69. The monoisotopic (exact) mass is 160 g/mol. The molecule has 0 aromatic rings. The number of aliphatic hydroxyl groups excluding tert-OH is 1. The van der Waals surface area contributed by atoms with Crippen LogP contribution >= 0.6 is 0 Å². The van der Waals surface area contributed by atoms with Gasteiger partial charge < -0.3 is 14.6 Å². The van der Waals surface area contributed by atoms with Crippen LogP contribution in [0, 0.1) is 5.92 Å². The lowest BCUT2D eigenvalue weighted by Gasteiger charge is -2.19. The zero-order chi connectivity index (χ0) is 8.53. The van der Waals surface area contributed by atoms with Crippen LogP contribution in [0.25, 0.3) is 0 Å². The van der Waals surface area contributed by atoms with Crippen molar-refractivity contribution in [1.82, 2.24) is 0 Å². The van der Waals surface area contributed by atoms with Crippen LogP contribution in [0.3, 0.4) is 0 Å². The van der Waals surface area contributed by atoms with Gasteiger partial charge in [-0.3, -0.25) is 0 Å². The topological polar surface area (TPSA) is 46.5 Å². The summed E-state index contributed by atoms with van der Waals surface area (Å²) in [4.78, 5) is 10.0.